The lowest BCUT2D eigenvalue weighted by Gasteiger charge is -2.11. The van der Waals surface area contributed by atoms with Gasteiger partial charge in [0.15, 0.2) is 5.78 Å². The Kier molecular flexibility index (Phi) is 5.80. The van der Waals surface area contributed by atoms with Crippen molar-refractivity contribution in [3.63, 3.8) is 0 Å². The van der Waals surface area contributed by atoms with E-state index >= 15 is 0 Å². The van der Waals surface area contributed by atoms with Crippen LogP contribution in [-0.2, 0) is 18.9 Å². The van der Waals surface area contributed by atoms with E-state index in [1.165, 1.54) is 41.4 Å². The van der Waals surface area contributed by atoms with Gasteiger partial charge in [-0.2, -0.15) is 0 Å². The summed E-state index contributed by atoms with van der Waals surface area (Å²) in [6, 6.07) is 9.17. The Morgan fingerprint density at radius 1 is 1.09 bits per heavy atom. The molecule has 0 unspecified atom stereocenters. The van der Waals surface area contributed by atoms with Crippen LogP contribution in [0.2, 0.25) is 0 Å². The number of carbonyl (C=O) groups is 3. The molecule has 0 bridgehead atoms. The van der Waals surface area contributed by atoms with Gasteiger partial charge in [0.2, 0.25) is 0 Å². The minimum atomic E-state index is -0.716. The highest BCUT2D eigenvalue weighted by atomic mass is 79.9. The van der Waals surface area contributed by atoms with Crippen molar-refractivity contribution in [2.24, 2.45) is 14.1 Å². The van der Waals surface area contributed by atoms with Gasteiger partial charge in [-0.1, -0.05) is 28.1 Å². The third-order valence-electron chi connectivity index (χ3n) is 5.25. The molecule has 1 aliphatic rings. The number of carbonyl (C=O) groups excluding carboxylic acids is 3. The molecule has 2 amide bonds. The van der Waals surface area contributed by atoms with E-state index in [1.807, 2.05) is 0 Å². The van der Waals surface area contributed by atoms with Crippen LogP contribution in [-0.4, -0.2) is 42.4 Å². The number of halogens is 1. The van der Waals surface area contributed by atoms with Crippen molar-refractivity contribution in [3.05, 3.63) is 77.5 Å². The van der Waals surface area contributed by atoms with Gasteiger partial charge in [0.05, 0.1) is 33.0 Å². The summed E-state index contributed by atoms with van der Waals surface area (Å²) in [5.41, 5.74) is 0.527. The second kappa shape index (κ2) is 8.45. The van der Waals surface area contributed by atoms with Gasteiger partial charge in [-0.15, -0.1) is 0 Å². The van der Waals surface area contributed by atoms with Crippen LogP contribution in [0.3, 0.4) is 0 Å². The Bertz CT molecular complexity index is 1450. The lowest BCUT2D eigenvalue weighted by Crippen LogP contribution is -2.33. The number of aromatic nitrogens is 2. The highest BCUT2D eigenvalue weighted by Crippen LogP contribution is 2.35. The maximum absolute atomic E-state index is 12.8. The number of hydrogen-bond acceptors (Lipinski definition) is 7. The van der Waals surface area contributed by atoms with Crippen LogP contribution in [0.4, 0.5) is 10.5 Å². The van der Waals surface area contributed by atoms with Crippen molar-refractivity contribution in [2.75, 3.05) is 6.54 Å². The molecule has 0 aliphatic carbocycles. The molecule has 1 aromatic heterocycles. The predicted octanol–water partition coefficient (Wildman–Crippen LogP) is 3.47. The normalized spacial score (nSPS) is 15.1. The van der Waals surface area contributed by atoms with E-state index < -0.39 is 28.4 Å². The summed E-state index contributed by atoms with van der Waals surface area (Å²) in [5.74, 6) is -1.13. The molecule has 0 spiro atoms. The van der Waals surface area contributed by atoms with Crippen LogP contribution in [0.15, 0.2) is 50.6 Å². The van der Waals surface area contributed by atoms with Crippen LogP contribution in [0.5, 0.6) is 0 Å². The molecule has 168 valence electrons. The lowest BCUT2D eigenvalue weighted by molar-refractivity contribution is -0.385. The highest BCUT2D eigenvalue weighted by molar-refractivity contribution is 9.10. The van der Waals surface area contributed by atoms with Gasteiger partial charge >= 0.3 is 5.69 Å². The fraction of sp³-hybridized carbons (Fsp3) is 0.143. The zero-order chi connectivity index (χ0) is 24.0. The predicted molar refractivity (Wildman–Crippen MR) is 126 cm³/mol. The lowest BCUT2D eigenvalue weighted by atomic mass is 10.1. The minimum absolute atomic E-state index is 0.0491. The summed E-state index contributed by atoms with van der Waals surface area (Å²) in [5, 5.41) is 11.0. The first-order chi connectivity index (χ1) is 15.6. The standard InChI is InChI=1S/C21H15BrN4O6S/c1-23-15-7-12(14(26(31)32)9-16(15)24(2)20(23)29)8-18-19(28)25(21(30)33-18)10-17(27)11-3-5-13(22)6-4-11/h3-9H,10H2,1-2H3/b18-8-. The van der Waals surface area contributed by atoms with Gasteiger partial charge in [0.1, 0.15) is 0 Å². The van der Waals surface area contributed by atoms with Crippen LogP contribution in [0.25, 0.3) is 17.1 Å². The van der Waals surface area contributed by atoms with Crippen LogP contribution in [0, 0.1) is 10.1 Å². The van der Waals surface area contributed by atoms with Gasteiger partial charge < -0.3 is 0 Å². The third kappa shape index (κ3) is 4.02. The van der Waals surface area contributed by atoms with Crippen LogP contribution < -0.4 is 5.69 Å². The van der Waals surface area contributed by atoms with E-state index in [9.17, 15) is 29.3 Å². The molecule has 10 nitrogen and oxygen atoms in total. The number of rotatable bonds is 5. The number of Topliss-reactive ketones (excluding diaryl/α,β-unsaturated/α-hetero) is 1. The second-order valence-corrected chi connectivity index (χ2v) is 9.16. The summed E-state index contributed by atoms with van der Waals surface area (Å²) < 4.78 is 3.40. The molecule has 3 aromatic rings. The van der Waals surface area contributed by atoms with Crippen molar-refractivity contribution in [2.45, 2.75) is 0 Å². The molecule has 1 fully saturated rings. The number of nitro groups is 1. The van der Waals surface area contributed by atoms with Crippen LogP contribution in [0.1, 0.15) is 15.9 Å². The largest absolute Gasteiger partial charge is 0.328 e. The summed E-state index contributed by atoms with van der Waals surface area (Å²) in [6.45, 7) is -0.446. The quantitative estimate of drug-likeness (QED) is 0.214. The molecule has 33 heavy (non-hydrogen) atoms. The molecule has 0 atom stereocenters. The number of nitro benzene ring substituents is 1. The summed E-state index contributed by atoms with van der Waals surface area (Å²) >= 11 is 3.87. The van der Waals surface area contributed by atoms with Crippen molar-refractivity contribution >= 4 is 67.4 Å². The number of benzene rings is 2. The molecule has 2 heterocycles. The molecule has 12 heteroatoms. The Hall–Kier alpha value is -3.51. The summed E-state index contributed by atoms with van der Waals surface area (Å²) in [4.78, 5) is 61.8. The van der Waals surface area contributed by atoms with E-state index in [0.717, 1.165) is 9.37 Å². The SMILES string of the molecule is Cn1c(=O)n(C)c2cc([N+](=O)[O-])c(/C=C3\SC(=O)N(CC(=O)c4ccc(Br)cc4)C3=O)cc21. The maximum atomic E-state index is 12.8. The van der Waals surface area contributed by atoms with Gasteiger partial charge in [-0.25, -0.2) is 4.79 Å². The molecule has 2 aromatic carbocycles. The number of thioether (sulfide) groups is 1. The Morgan fingerprint density at radius 2 is 1.70 bits per heavy atom. The molecule has 1 saturated heterocycles. The Balaban J connectivity index is 1.69. The van der Waals surface area contributed by atoms with Crippen molar-refractivity contribution in [3.8, 4) is 0 Å². The molecule has 1 aliphatic heterocycles. The first-order valence-electron chi connectivity index (χ1n) is 9.46. The van der Waals surface area contributed by atoms with E-state index in [-0.39, 0.29) is 21.8 Å². The second-order valence-electron chi connectivity index (χ2n) is 7.26. The number of fused-ring (bicyclic) bond motifs is 1. The summed E-state index contributed by atoms with van der Waals surface area (Å²) in [6.07, 6.45) is 1.24. The number of aryl methyl sites for hydroxylation is 2. The fourth-order valence-electron chi connectivity index (χ4n) is 3.47. The van der Waals surface area contributed by atoms with Gasteiger partial charge in [0.25, 0.3) is 16.8 Å². The number of hydrogen-bond donors (Lipinski definition) is 0. The summed E-state index contributed by atoms with van der Waals surface area (Å²) in [7, 11) is 3.03. The minimum Gasteiger partial charge on any atom is -0.295 e. The average Bonchev–Trinajstić information content (AvgIpc) is 3.15. The van der Waals surface area contributed by atoms with Gasteiger partial charge in [-0.05, 0) is 36.0 Å². The molecule has 4 rings (SSSR count). The highest BCUT2D eigenvalue weighted by Gasteiger charge is 2.37. The van der Waals surface area contributed by atoms with Crippen LogP contribution >= 0.6 is 27.7 Å². The topological polar surface area (TPSA) is 125 Å². The zero-order valence-corrected chi connectivity index (χ0v) is 19.7. The molecule has 0 N–H and O–H groups in total. The zero-order valence-electron chi connectivity index (χ0n) is 17.3. The maximum Gasteiger partial charge on any atom is 0.328 e. The Morgan fingerprint density at radius 3 is 2.30 bits per heavy atom. The smallest absolute Gasteiger partial charge is 0.295 e. The first-order valence-corrected chi connectivity index (χ1v) is 11.1. The molecule has 0 saturated carbocycles. The average molecular weight is 531 g/mol. The molecular formula is C21H15BrN4O6S. The third-order valence-corrected chi connectivity index (χ3v) is 6.68. The molecule has 0 radical (unpaired) electrons. The Labute approximate surface area is 198 Å². The monoisotopic (exact) mass is 530 g/mol. The van der Waals surface area contributed by atoms with E-state index in [2.05, 4.69) is 15.9 Å². The number of amides is 2. The first kappa shape index (κ1) is 22.7. The van der Waals surface area contributed by atoms with Crippen molar-refractivity contribution < 1.29 is 19.3 Å². The van der Waals surface area contributed by atoms with Crippen molar-refractivity contribution in [1.82, 2.24) is 14.0 Å². The fourth-order valence-corrected chi connectivity index (χ4v) is 4.57. The number of ketones is 1. The van der Waals surface area contributed by atoms with Gasteiger partial charge in [-0.3, -0.25) is 38.5 Å². The van der Waals surface area contributed by atoms with E-state index in [0.29, 0.717) is 28.4 Å². The number of imidazole rings is 1. The van der Waals surface area contributed by atoms with E-state index in [1.54, 1.807) is 24.3 Å². The van der Waals surface area contributed by atoms with Gasteiger partial charge in [0, 0.05) is 30.2 Å². The number of nitrogens with zero attached hydrogens (tertiary/aromatic N) is 4. The number of imide groups is 1. The molecular weight excluding hydrogens is 516 g/mol. The van der Waals surface area contributed by atoms with E-state index in [4.69, 9.17) is 0 Å². The van der Waals surface area contributed by atoms with Crippen molar-refractivity contribution in [1.29, 1.82) is 0 Å².